The van der Waals surface area contributed by atoms with Crippen molar-refractivity contribution < 1.29 is 23.1 Å². The molecule has 1 aromatic carbocycles. The van der Waals surface area contributed by atoms with E-state index in [1.807, 2.05) is 0 Å². The minimum atomic E-state index is -1.22. The van der Waals surface area contributed by atoms with Crippen molar-refractivity contribution in [1.29, 1.82) is 0 Å². The van der Waals surface area contributed by atoms with Crippen LogP contribution in [0.4, 0.5) is 13.6 Å². The van der Waals surface area contributed by atoms with E-state index in [1.54, 1.807) is 6.92 Å². The fraction of sp³-hybridized carbons (Fsp3) is 0.375. The SMILES string of the molecule is COC(=O)C1=C(C)N(C2CC2)C(=O)NC1c1c(F)cccc1F. The highest BCUT2D eigenvalue weighted by molar-refractivity contribution is 5.95. The quantitative estimate of drug-likeness (QED) is 0.870. The van der Waals surface area contributed by atoms with Crippen molar-refractivity contribution in [3.63, 3.8) is 0 Å². The number of nitrogens with zero attached hydrogens (tertiary/aromatic N) is 1. The smallest absolute Gasteiger partial charge is 0.337 e. The molecular formula is C16H16F2N2O3. The Morgan fingerprint density at radius 3 is 2.43 bits per heavy atom. The van der Waals surface area contributed by atoms with Crippen molar-refractivity contribution in [2.24, 2.45) is 0 Å². The van der Waals surface area contributed by atoms with Crippen molar-refractivity contribution in [3.8, 4) is 0 Å². The minimum Gasteiger partial charge on any atom is -0.466 e. The number of urea groups is 1. The molecule has 1 aliphatic heterocycles. The third-order valence-electron chi connectivity index (χ3n) is 4.13. The van der Waals surface area contributed by atoms with E-state index in [0.29, 0.717) is 5.70 Å². The summed E-state index contributed by atoms with van der Waals surface area (Å²) in [7, 11) is 1.19. The van der Waals surface area contributed by atoms with Gasteiger partial charge in [0.15, 0.2) is 0 Å². The first-order chi connectivity index (χ1) is 11.0. The summed E-state index contributed by atoms with van der Waals surface area (Å²) in [4.78, 5) is 26.0. The molecule has 1 unspecified atom stereocenters. The number of carbonyl (C=O) groups excluding carboxylic acids is 2. The van der Waals surface area contributed by atoms with Gasteiger partial charge in [0.05, 0.1) is 24.3 Å². The van der Waals surface area contributed by atoms with Gasteiger partial charge in [-0.2, -0.15) is 0 Å². The minimum absolute atomic E-state index is 0.0149. The number of rotatable bonds is 3. The zero-order chi connectivity index (χ0) is 16.7. The average molecular weight is 322 g/mol. The predicted octanol–water partition coefficient (Wildman–Crippen LogP) is 2.64. The summed E-state index contributed by atoms with van der Waals surface area (Å²) in [5.41, 5.74) is 0.0507. The topological polar surface area (TPSA) is 58.6 Å². The summed E-state index contributed by atoms with van der Waals surface area (Å²) in [6.45, 7) is 1.59. The molecule has 1 aliphatic carbocycles. The van der Waals surface area contributed by atoms with Crippen LogP contribution in [0.15, 0.2) is 29.5 Å². The highest BCUT2D eigenvalue weighted by Crippen LogP contribution is 2.38. The van der Waals surface area contributed by atoms with E-state index in [2.05, 4.69) is 5.32 Å². The number of allylic oxidation sites excluding steroid dienone is 1. The monoisotopic (exact) mass is 322 g/mol. The van der Waals surface area contributed by atoms with Crippen LogP contribution in [0.3, 0.4) is 0 Å². The number of hydrogen-bond donors (Lipinski definition) is 1. The average Bonchev–Trinajstić information content (AvgIpc) is 3.31. The van der Waals surface area contributed by atoms with E-state index in [1.165, 1.54) is 18.1 Å². The number of carbonyl (C=O) groups is 2. The fourth-order valence-electron chi connectivity index (χ4n) is 2.91. The Kier molecular flexibility index (Phi) is 3.79. The Bertz CT molecular complexity index is 693. The van der Waals surface area contributed by atoms with Crippen LogP contribution < -0.4 is 5.32 Å². The van der Waals surface area contributed by atoms with Gasteiger partial charge in [0.2, 0.25) is 0 Å². The molecule has 3 rings (SSSR count). The summed E-state index contributed by atoms with van der Waals surface area (Å²) in [5, 5.41) is 2.53. The van der Waals surface area contributed by atoms with Crippen molar-refractivity contribution in [2.45, 2.75) is 31.8 Å². The van der Waals surface area contributed by atoms with Gasteiger partial charge in [-0.25, -0.2) is 18.4 Å². The lowest BCUT2D eigenvalue weighted by Crippen LogP contribution is -2.49. The third kappa shape index (κ3) is 2.56. The number of nitrogens with one attached hydrogen (secondary N) is 1. The molecule has 1 atom stereocenters. The lowest BCUT2D eigenvalue weighted by Gasteiger charge is -2.35. The fourth-order valence-corrected chi connectivity index (χ4v) is 2.91. The molecule has 1 saturated carbocycles. The molecule has 1 N–H and O–H groups in total. The molecule has 0 saturated heterocycles. The van der Waals surface area contributed by atoms with E-state index in [9.17, 15) is 18.4 Å². The predicted molar refractivity (Wildman–Crippen MR) is 77.2 cm³/mol. The van der Waals surface area contributed by atoms with Crippen molar-refractivity contribution in [3.05, 3.63) is 46.7 Å². The molecule has 23 heavy (non-hydrogen) atoms. The number of benzene rings is 1. The zero-order valence-electron chi connectivity index (χ0n) is 12.7. The molecule has 1 fully saturated rings. The third-order valence-corrected chi connectivity index (χ3v) is 4.13. The number of esters is 1. The Balaban J connectivity index is 2.15. The second kappa shape index (κ2) is 5.64. The molecule has 0 aromatic heterocycles. The first-order valence-electron chi connectivity index (χ1n) is 7.28. The van der Waals surface area contributed by atoms with Crippen LogP contribution in [0.25, 0.3) is 0 Å². The second-order valence-electron chi connectivity index (χ2n) is 5.61. The van der Waals surface area contributed by atoms with E-state index < -0.39 is 29.7 Å². The van der Waals surface area contributed by atoms with E-state index >= 15 is 0 Å². The van der Waals surface area contributed by atoms with Crippen LogP contribution >= 0.6 is 0 Å². The standard InChI is InChI=1S/C16H16F2N2O3/c1-8-12(15(21)23-2)14(13-10(17)4-3-5-11(13)18)19-16(22)20(8)9-6-7-9/h3-5,9,14H,6-7H2,1-2H3,(H,19,22). The van der Waals surface area contributed by atoms with Gasteiger partial charge in [-0.05, 0) is 31.9 Å². The van der Waals surface area contributed by atoms with Gasteiger partial charge in [-0.15, -0.1) is 0 Å². The molecule has 2 aliphatic rings. The first-order valence-corrected chi connectivity index (χ1v) is 7.28. The van der Waals surface area contributed by atoms with Gasteiger partial charge >= 0.3 is 12.0 Å². The number of hydrogen-bond acceptors (Lipinski definition) is 3. The van der Waals surface area contributed by atoms with E-state index in [-0.39, 0.29) is 17.2 Å². The van der Waals surface area contributed by atoms with Crippen LogP contribution in [-0.4, -0.2) is 30.1 Å². The van der Waals surface area contributed by atoms with Gasteiger partial charge in [0.1, 0.15) is 11.6 Å². The van der Waals surface area contributed by atoms with Crippen LogP contribution in [0.1, 0.15) is 31.4 Å². The molecule has 7 heteroatoms. The first kappa shape index (κ1) is 15.5. The summed E-state index contributed by atoms with van der Waals surface area (Å²) < 4.78 is 33.0. The van der Waals surface area contributed by atoms with Crippen molar-refractivity contribution >= 4 is 12.0 Å². The van der Waals surface area contributed by atoms with Crippen LogP contribution in [0.2, 0.25) is 0 Å². The van der Waals surface area contributed by atoms with Gasteiger partial charge in [-0.1, -0.05) is 6.07 Å². The maximum Gasteiger partial charge on any atom is 0.337 e. The molecular weight excluding hydrogens is 306 g/mol. The Hall–Kier alpha value is -2.44. The maximum atomic E-state index is 14.1. The van der Waals surface area contributed by atoms with Gasteiger partial charge in [-0.3, -0.25) is 4.90 Å². The molecule has 1 aromatic rings. The molecule has 122 valence electrons. The van der Waals surface area contributed by atoms with Crippen molar-refractivity contribution in [2.75, 3.05) is 7.11 Å². The maximum absolute atomic E-state index is 14.1. The second-order valence-corrected chi connectivity index (χ2v) is 5.61. The summed E-state index contributed by atoms with van der Waals surface area (Å²) in [6.07, 6.45) is 1.66. The lowest BCUT2D eigenvalue weighted by molar-refractivity contribution is -0.136. The molecule has 5 nitrogen and oxygen atoms in total. The lowest BCUT2D eigenvalue weighted by atomic mass is 9.94. The van der Waals surface area contributed by atoms with Gasteiger partial charge in [0, 0.05) is 11.7 Å². The van der Waals surface area contributed by atoms with E-state index in [0.717, 1.165) is 25.0 Å². The number of amides is 2. The highest BCUT2D eigenvalue weighted by Gasteiger charge is 2.43. The highest BCUT2D eigenvalue weighted by atomic mass is 19.1. The summed E-state index contributed by atoms with van der Waals surface area (Å²) in [5.74, 6) is -2.38. The van der Waals surface area contributed by atoms with E-state index in [4.69, 9.17) is 4.74 Å². The number of methoxy groups -OCH3 is 1. The van der Waals surface area contributed by atoms with Gasteiger partial charge in [0.25, 0.3) is 0 Å². The zero-order valence-corrected chi connectivity index (χ0v) is 12.7. The molecule has 0 radical (unpaired) electrons. The van der Waals surface area contributed by atoms with Crippen molar-refractivity contribution in [1.82, 2.24) is 10.2 Å². The largest absolute Gasteiger partial charge is 0.466 e. The van der Waals surface area contributed by atoms with Crippen LogP contribution in [0.5, 0.6) is 0 Å². The Morgan fingerprint density at radius 2 is 1.91 bits per heavy atom. The normalized spacial score (nSPS) is 21.3. The Labute approximate surface area is 131 Å². The van der Waals surface area contributed by atoms with Gasteiger partial charge < -0.3 is 10.1 Å². The van der Waals surface area contributed by atoms with Crippen LogP contribution in [0, 0.1) is 11.6 Å². The molecule has 0 spiro atoms. The number of halogens is 2. The Morgan fingerprint density at radius 1 is 1.30 bits per heavy atom. The number of ether oxygens (including phenoxy) is 1. The van der Waals surface area contributed by atoms with Crippen LogP contribution in [-0.2, 0) is 9.53 Å². The molecule has 1 heterocycles. The molecule has 0 bridgehead atoms. The molecule has 2 amide bonds. The summed E-state index contributed by atoms with van der Waals surface area (Å²) in [6, 6.07) is 1.73. The summed E-state index contributed by atoms with van der Waals surface area (Å²) >= 11 is 0.